The Morgan fingerprint density at radius 1 is 1.16 bits per heavy atom. The van der Waals surface area contributed by atoms with Crippen molar-refractivity contribution in [1.29, 1.82) is 5.26 Å². The molecule has 0 radical (unpaired) electrons. The van der Waals surface area contributed by atoms with Gasteiger partial charge in [-0.05, 0) is 61.7 Å². The van der Waals surface area contributed by atoms with Crippen molar-refractivity contribution < 1.29 is 29.0 Å². The van der Waals surface area contributed by atoms with Gasteiger partial charge in [-0.1, -0.05) is 13.8 Å². The lowest BCUT2D eigenvalue weighted by atomic mass is 9.37. The molecule has 9 atom stereocenters. The Hall–Kier alpha value is -1.94. The molecule has 7 nitrogen and oxygen atoms in total. The summed E-state index contributed by atoms with van der Waals surface area (Å²) in [5.41, 5.74) is -2.56. The summed E-state index contributed by atoms with van der Waals surface area (Å²) >= 11 is 0. The minimum absolute atomic E-state index is 0.0546. The van der Waals surface area contributed by atoms with Crippen molar-refractivity contribution in [2.75, 3.05) is 7.11 Å². The average Bonchev–Trinajstić information content (AvgIpc) is 3.27. The third-order valence-electron chi connectivity index (χ3n) is 10.7. The van der Waals surface area contributed by atoms with Crippen molar-refractivity contribution >= 4 is 17.7 Å². The van der Waals surface area contributed by atoms with Gasteiger partial charge in [-0.25, -0.2) is 0 Å². The Morgan fingerprint density at radius 2 is 1.91 bits per heavy atom. The molecule has 5 fully saturated rings. The number of esters is 2. The van der Waals surface area contributed by atoms with Gasteiger partial charge in [0.2, 0.25) is 0 Å². The molecule has 0 aromatic heterocycles. The fraction of sp³-hybridized carbons (Fsp3) is 0.840. The molecule has 0 amide bonds. The van der Waals surface area contributed by atoms with Crippen LogP contribution in [-0.4, -0.2) is 41.6 Å². The first-order chi connectivity index (χ1) is 15.1. The number of Topliss-reactive ketones (excluding diaryl/α,β-unsaturated/α-hetero) is 1. The Labute approximate surface area is 188 Å². The average molecular weight is 444 g/mol. The number of nitrogens with zero attached hydrogens (tertiary/aromatic N) is 1. The number of fused-ring (bicyclic) bond motifs is 6. The number of methoxy groups -OCH3 is 1. The summed E-state index contributed by atoms with van der Waals surface area (Å²) in [6, 6.07) is 2.47. The molecular formula is C25H33NO6. The molecule has 1 heterocycles. The molecule has 0 aromatic carbocycles. The SMILES string of the molecule is COC(=O)[C@@H]1C[C@]2(C#N)CC(=O)CC[C@]2(C)C2C1C1CC[C@@]3(CCC(=O)O3)[C@@]1(C)C[C@H]2O. The minimum atomic E-state index is -0.979. The number of aliphatic hydroxyl groups excluding tert-OH is 1. The van der Waals surface area contributed by atoms with Crippen molar-refractivity contribution in [2.24, 2.45) is 39.9 Å². The van der Waals surface area contributed by atoms with E-state index in [0.717, 1.165) is 12.8 Å². The van der Waals surface area contributed by atoms with Gasteiger partial charge in [0.25, 0.3) is 0 Å². The van der Waals surface area contributed by atoms with Crippen molar-refractivity contribution in [3.8, 4) is 6.07 Å². The highest BCUT2D eigenvalue weighted by Gasteiger charge is 2.74. The highest BCUT2D eigenvalue weighted by atomic mass is 16.6. The lowest BCUT2D eigenvalue weighted by Crippen LogP contribution is -2.67. The summed E-state index contributed by atoms with van der Waals surface area (Å²) in [5, 5.41) is 22.0. The van der Waals surface area contributed by atoms with Crippen LogP contribution >= 0.6 is 0 Å². The number of carbonyl (C=O) groups is 3. The summed E-state index contributed by atoms with van der Waals surface area (Å²) in [4.78, 5) is 37.7. The molecule has 4 aliphatic carbocycles. The third-order valence-corrected chi connectivity index (χ3v) is 10.7. The number of rotatable bonds is 1. The first-order valence-corrected chi connectivity index (χ1v) is 12.0. The Balaban J connectivity index is 1.64. The van der Waals surface area contributed by atoms with E-state index in [4.69, 9.17) is 9.47 Å². The van der Waals surface area contributed by atoms with Crippen LogP contribution in [0, 0.1) is 51.2 Å². The van der Waals surface area contributed by atoms with Crippen molar-refractivity contribution in [3.05, 3.63) is 0 Å². The van der Waals surface area contributed by atoms with Crippen LogP contribution < -0.4 is 0 Å². The van der Waals surface area contributed by atoms with Gasteiger partial charge < -0.3 is 14.6 Å². The zero-order chi connectivity index (χ0) is 23.1. The van der Waals surface area contributed by atoms with Gasteiger partial charge in [-0.2, -0.15) is 5.26 Å². The minimum Gasteiger partial charge on any atom is -0.469 e. The maximum Gasteiger partial charge on any atom is 0.309 e. The van der Waals surface area contributed by atoms with E-state index in [2.05, 4.69) is 19.9 Å². The van der Waals surface area contributed by atoms with Crippen LogP contribution in [0.3, 0.4) is 0 Å². The molecule has 1 saturated heterocycles. The molecule has 5 rings (SSSR count). The van der Waals surface area contributed by atoms with Gasteiger partial charge in [0, 0.05) is 24.7 Å². The number of aliphatic hydroxyl groups is 1. The Bertz CT molecular complexity index is 926. The summed E-state index contributed by atoms with van der Waals surface area (Å²) in [5.74, 6) is -1.42. The van der Waals surface area contributed by atoms with Crippen LogP contribution in [-0.2, 0) is 23.9 Å². The maximum atomic E-state index is 13.1. The molecule has 3 unspecified atom stereocenters. The molecule has 1 spiro atoms. The summed E-state index contributed by atoms with van der Waals surface area (Å²) in [7, 11) is 1.36. The summed E-state index contributed by atoms with van der Waals surface area (Å²) in [6.07, 6.45) is 3.71. The van der Waals surface area contributed by atoms with Crippen LogP contribution in [0.2, 0.25) is 0 Å². The number of hydrogen-bond donors (Lipinski definition) is 1. The Morgan fingerprint density at radius 3 is 2.53 bits per heavy atom. The largest absolute Gasteiger partial charge is 0.469 e. The van der Waals surface area contributed by atoms with Crippen LogP contribution in [0.4, 0.5) is 0 Å². The molecule has 1 N–H and O–H groups in total. The van der Waals surface area contributed by atoms with Gasteiger partial charge in [0.1, 0.15) is 11.4 Å². The lowest BCUT2D eigenvalue weighted by molar-refractivity contribution is -0.228. The molecule has 0 aromatic rings. The van der Waals surface area contributed by atoms with Crippen molar-refractivity contribution in [3.63, 3.8) is 0 Å². The number of ether oxygens (including phenoxy) is 2. The van der Waals surface area contributed by atoms with Gasteiger partial charge in [0.05, 0.1) is 30.6 Å². The van der Waals surface area contributed by atoms with Crippen LogP contribution in [0.15, 0.2) is 0 Å². The van der Waals surface area contributed by atoms with Crippen LogP contribution in [0.1, 0.15) is 71.6 Å². The zero-order valence-electron chi connectivity index (χ0n) is 19.2. The van der Waals surface area contributed by atoms with Gasteiger partial charge in [-0.3, -0.25) is 14.4 Å². The first-order valence-electron chi connectivity index (χ1n) is 12.0. The second-order valence-corrected chi connectivity index (χ2v) is 11.6. The highest BCUT2D eigenvalue weighted by Crippen LogP contribution is 2.73. The smallest absolute Gasteiger partial charge is 0.309 e. The molecular weight excluding hydrogens is 410 g/mol. The maximum absolute atomic E-state index is 13.1. The van der Waals surface area contributed by atoms with E-state index < -0.39 is 33.9 Å². The molecule has 174 valence electrons. The topological polar surface area (TPSA) is 114 Å². The van der Waals surface area contributed by atoms with E-state index in [1.807, 2.05) is 0 Å². The van der Waals surface area contributed by atoms with E-state index in [0.29, 0.717) is 32.1 Å². The van der Waals surface area contributed by atoms with Crippen LogP contribution in [0.5, 0.6) is 0 Å². The molecule has 5 aliphatic rings. The fourth-order valence-electron chi connectivity index (χ4n) is 9.11. The Kier molecular flexibility index (Phi) is 4.64. The molecule has 0 bridgehead atoms. The molecule has 1 aliphatic heterocycles. The first kappa shape index (κ1) is 21.9. The molecule has 7 heteroatoms. The second-order valence-electron chi connectivity index (χ2n) is 11.6. The van der Waals surface area contributed by atoms with E-state index in [-0.39, 0.29) is 48.3 Å². The highest BCUT2D eigenvalue weighted by molar-refractivity contribution is 5.81. The van der Waals surface area contributed by atoms with Crippen molar-refractivity contribution in [1.82, 2.24) is 0 Å². The van der Waals surface area contributed by atoms with Gasteiger partial charge in [0.15, 0.2) is 0 Å². The predicted molar refractivity (Wildman–Crippen MR) is 112 cm³/mol. The number of nitriles is 1. The van der Waals surface area contributed by atoms with E-state index in [9.17, 15) is 24.8 Å². The van der Waals surface area contributed by atoms with Gasteiger partial charge in [-0.15, -0.1) is 0 Å². The monoisotopic (exact) mass is 443 g/mol. The summed E-state index contributed by atoms with van der Waals surface area (Å²) in [6.45, 7) is 4.18. The van der Waals surface area contributed by atoms with Crippen LogP contribution in [0.25, 0.3) is 0 Å². The number of hydrogen-bond acceptors (Lipinski definition) is 7. The lowest BCUT2D eigenvalue weighted by Gasteiger charge is -2.66. The van der Waals surface area contributed by atoms with Crippen molar-refractivity contribution in [2.45, 2.75) is 83.3 Å². The summed E-state index contributed by atoms with van der Waals surface area (Å²) < 4.78 is 11.2. The molecule has 32 heavy (non-hydrogen) atoms. The molecule has 4 saturated carbocycles. The van der Waals surface area contributed by atoms with E-state index >= 15 is 0 Å². The number of carbonyl (C=O) groups excluding carboxylic acids is 3. The third kappa shape index (κ3) is 2.48. The second kappa shape index (κ2) is 6.79. The quantitative estimate of drug-likeness (QED) is 0.620. The standard InChI is InChI=1S/C25H33NO6/c1-22-7-4-14(27)10-24(22,13-26)11-15(21(30)31-3)19-16-5-8-25(9-6-18(29)32-25)23(16,2)12-17(28)20(19)22/h15-17,19-20,28H,4-12H2,1-3H3/t15-,16?,17-,19?,20?,22-,23+,24+,25-/m1/s1. The normalized spacial score (nSPS) is 51.9. The fourth-order valence-corrected chi connectivity index (χ4v) is 9.11. The van der Waals surface area contributed by atoms with Gasteiger partial charge >= 0.3 is 11.9 Å². The van der Waals surface area contributed by atoms with E-state index in [1.165, 1.54) is 7.11 Å². The van der Waals surface area contributed by atoms with E-state index in [1.54, 1.807) is 0 Å². The number of ketones is 1. The zero-order valence-corrected chi connectivity index (χ0v) is 19.2. The predicted octanol–water partition coefficient (Wildman–Crippen LogP) is 2.94.